The Kier molecular flexibility index (Phi) is 8.32. The zero-order chi connectivity index (χ0) is 31.3. The first kappa shape index (κ1) is 30.9. The molecule has 3 N–H and O–H groups in total. The highest BCUT2D eigenvalue weighted by Crippen LogP contribution is 2.47. The topological polar surface area (TPSA) is 122 Å². The molecular weight excluding hydrogens is 685 g/mol. The van der Waals surface area contributed by atoms with Gasteiger partial charge in [0, 0.05) is 52.7 Å². The van der Waals surface area contributed by atoms with E-state index in [1.165, 1.54) is 0 Å². The van der Waals surface area contributed by atoms with Gasteiger partial charge < -0.3 is 34.8 Å². The van der Waals surface area contributed by atoms with Crippen LogP contribution in [-0.4, -0.2) is 92.5 Å². The molecule has 7 rings (SSSR count). The van der Waals surface area contributed by atoms with Gasteiger partial charge in [0.05, 0.1) is 36.6 Å². The molecule has 4 heterocycles. The minimum Gasteiger partial charge on any atom is -0.508 e. The van der Waals surface area contributed by atoms with E-state index in [1.54, 1.807) is 17.0 Å². The van der Waals surface area contributed by atoms with Crippen LogP contribution in [0.3, 0.4) is 0 Å². The molecular formula is C34H42IN5O5. The van der Waals surface area contributed by atoms with E-state index in [1.807, 2.05) is 25.1 Å². The van der Waals surface area contributed by atoms with Gasteiger partial charge in [0.25, 0.3) is 5.91 Å². The summed E-state index contributed by atoms with van der Waals surface area (Å²) in [6, 6.07) is 9.35. The Morgan fingerprint density at radius 2 is 1.98 bits per heavy atom. The molecule has 45 heavy (non-hydrogen) atoms. The van der Waals surface area contributed by atoms with Crippen molar-refractivity contribution < 1.29 is 24.9 Å². The third-order valence-corrected chi connectivity index (χ3v) is 10.9. The van der Waals surface area contributed by atoms with E-state index < -0.39 is 5.60 Å². The van der Waals surface area contributed by atoms with Gasteiger partial charge in [-0.15, -0.1) is 0 Å². The average molecular weight is 728 g/mol. The summed E-state index contributed by atoms with van der Waals surface area (Å²) in [7, 11) is 0. The summed E-state index contributed by atoms with van der Waals surface area (Å²) in [6.45, 7) is 7.44. The summed E-state index contributed by atoms with van der Waals surface area (Å²) >= 11 is 2.24. The summed E-state index contributed by atoms with van der Waals surface area (Å²) < 4.78 is 7.33. The lowest BCUT2D eigenvalue weighted by molar-refractivity contribution is 0.0445. The second-order valence-corrected chi connectivity index (χ2v) is 15.1. The van der Waals surface area contributed by atoms with Gasteiger partial charge in [-0.2, -0.15) is 9.97 Å². The van der Waals surface area contributed by atoms with E-state index in [2.05, 4.69) is 32.4 Å². The van der Waals surface area contributed by atoms with Gasteiger partial charge in [-0.3, -0.25) is 4.79 Å². The fourth-order valence-corrected chi connectivity index (χ4v) is 8.26. The van der Waals surface area contributed by atoms with E-state index in [9.17, 15) is 20.1 Å². The summed E-state index contributed by atoms with van der Waals surface area (Å²) in [6.07, 6.45) is 5.96. The number of aliphatic hydroxyl groups excluding tert-OH is 1. The second kappa shape index (κ2) is 12.1. The zero-order valence-corrected chi connectivity index (χ0v) is 28.0. The highest BCUT2D eigenvalue weighted by molar-refractivity contribution is 14.1. The molecule has 0 bridgehead atoms. The van der Waals surface area contributed by atoms with Crippen LogP contribution in [0.1, 0.15) is 67.1 Å². The molecule has 1 aliphatic carbocycles. The third-order valence-electron chi connectivity index (χ3n) is 10.0. The molecule has 1 amide bonds. The number of phenols is 1. The number of aromatic nitrogens is 2. The van der Waals surface area contributed by atoms with Crippen molar-refractivity contribution in [1.82, 2.24) is 19.8 Å². The standard InChI is InChI=1S/C34H42IN5O5/c1-33(44)8-4-12-39(19-33)30-26-16-40(31(43)25-14-24(42)13-23-6-2-7-27(35)29(23)25)17-28(26)36-32(37-30)45-21-34(9-10-34)20-38-11-3-5-22(15-38)18-41/h2,6-7,13-14,22,41-42,44H,3-5,8-12,15-21H2,1H3/t22-,33+/m0/s1. The fraction of sp³-hybridized carbons (Fsp3) is 0.559. The van der Waals surface area contributed by atoms with Crippen LogP contribution in [0.2, 0.25) is 0 Å². The number of hydrogen-bond acceptors (Lipinski definition) is 9. The van der Waals surface area contributed by atoms with Crippen LogP contribution >= 0.6 is 22.6 Å². The number of likely N-dealkylation sites (tertiary alicyclic amines) is 1. The lowest BCUT2D eigenvalue weighted by atomic mass is 9.95. The fourth-order valence-electron chi connectivity index (χ4n) is 7.45. The summed E-state index contributed by atoms with van der Waals surface area (Å²) in [4.78, 5) is 30.2. The number of carbonyl (C=O) groups excluding carboxylic acids is 1. The zero-order valence-electron chi connectivity index (χ0n) is 25.8. The van der Waals surface area contributed by atoms with E-state index in [4.69, 9.17) is 14.7 Å². The molecule has 3 aliphatic heterocycles. The first-order valence-electron chi connectivity index (χ1n) is 16.2. The maximum atomic E-state index is 14.1. The van der Waals surface area contributed by atoms with Crippen molar-refractivity contribution in [2.75, 3.05) is 50.8 Å². The number of piperidine rings is 2. The number of benzene rings is 2. The van der Waals surface area contributed by atoms with Crippen LogP contribution in [-0.2, 0) is 13.1 Å². The van der Waals surface area contributed by atoms with Crippen molar-refractivity contribution in [3.8, 4) is 11.8 Å². The number of aliphatic hydroxyl groups is 2. The number of amides is 1. The van der Waals surface area contributed by atoms with Crippen LogP contribution in [0.25, 0.3) is 10.8 Å². The molecule has 1 aromatic heterocycles. The van der Waals surface area contributed by atoms with Crippen molar-refractivity contribution in [2.45, 2.75) is 64.1 Å². The van der Waals surface area contributed by atoms with Gasteiger partial charge in [0.1, 0.15) is 11.6 Å². The number of β-amino-alcohol motifs (C(OH)–C–C–N with tert-alkyl or cyclic N) is 1. The van der Waals surface area contributed by atoms with Crippen LogP contribution in [0.4, 0.5) is 5.82 Å². The SMILES string of the molecule is C[C@@]1(O)CCCN(c2nc(OCC3(CN4CCC[C@H](CO)C4)CC3)nc3c2CN(C(=O)c2cc(O)cc4cccc(I)c24)C3)C1. The van der Waals surface area contributed by atoms with Gasteiger partial charge in [-0.05, 0) is 104 Å². The first-order chi connectivity index (χ1) is 21.6. The number of phenolic OH excluding ortho intramolecular Hbond substituents is 1. The molecule has 0 radical (unpaired) electrons. The van der Waals surface area contributed by atoms with Crippen molar-refractivity contribution in [1.29, 1.82) is 0 Å². The van der Waals surface area contributed by atoms with Crippen LogP contribution in [0.15, 0.2) is 30.3 Å². The Bertz CT molecular complexity index is 1610. The molecule has 11 heteroatoms. The number of hydrogen-bond donors (Lipinski definition) is 3. The van der Waals surface area contributed by atoms with Crippen LogP contribution in [0.5, 0.6) is 11.8 Å². The highest BCUT2D eigenvalue weighted by atomic mass is 127. The van der Waals surface area contributed by atoms with Gasteiger partial charge in [-0.1, -0.05) is 12.1 Å². The minimum atomic E-state index is -0.832. The van der Waals surface area contributed by atoms with E-state index in [-0.39, 0.29) is 23.7 Å². The molecule has 1 saturated carbocycles. The molecule has 2 atom stereocenters. The number of fused-ring (bicyclic) bond motifs is 2. The largest absolute Gasteiger partial charge is 0.508 e. The maximum absolute atomic E-state index is 14.1. The quantitative estimate of drug-likeness (QED) is 0.292. The molecule has 10 nitrogen and oxygen atoms in total. The van der Waals surface area contributed by atoms with Gasteiger partial charge in [0.15, 0.2) is 0 Å². The predicted molar refractivity (Wildman–Crippen MR) is 179 cm³/mol. The molecule has 3 fully saturated rings. The Labute approximate surface area is 277 Å². The number of rotatable bonds is 8. The summed E-state index contributed by atoms with van der Waals surface area (Å²) in [5, 5.41) is 32.7. The predicted octanol–water partition coefficient (Wildman–Crippen LogP) is 4.31. The monoisotopic (exact) mass is 727 g/mol. The van der Waals surface area contributed by atoms with Crippen molar-refractivity contribution >= 4 is 45.1 Å². The molecule has 0 spiro atoms. The normalized spacial score (nSPS) is 24.6. The molecule has 4 aliphatic rings. The Morgan fingerprint density at radius 1 is 1.13 bits per heavy atom. The number of anilines is 1. The lowest BCUT2D eigenvalue weighted by Crippen LogP contribution is -2.47. The third kappa shape index (κ3) is 6.45. The molecule has 2 saturated heterocycles. The van der Waals surface area contributed by atoms with Crippen LogP contribution in [0, 0.1) is 14.9 Å². The lowest BCUT2D eigenvalue weighted by Gasteiger charge is -2.38. The highest BCUT2D eigenvalue weighted by Gasteiger charge is 2.46. The molecule has 240 valence electrons. The number of nitrogens with zero attached hydrogens (tertiary/aromatic N) is 5. The van der Waals surface area contributed by atoms with Gasteiger partial charge in [-0.25, -0.2) is 0 Å². The molecule has 0 unspecified atom stereocenters. The Morgan fingerprint density at radius 3 is 2.76 bits per heavy atom. The van der Waals surface area contributed by atoms with Gasteiger partial charge in [0.2, 0.25) is 0 Å². The van der Waals surface area contributed by atoms with Crippen molar-refractivity contribution in [2.24, 2.45) is 11.3 Å². The van der Waals surface area contributed by atoms with Crippen molar-refractivity contribution in [3.05, 3.63) is 50.7 Å². The number of ether oxygens (including phenoxy) is 1. The smallest absolute Gasteiger partial charge is 0.318 e. The second-order valence-electron chi connectivity index (χ2n) is 14.0. The number of halogens is 1. The molecule has 2 aromatic carbocycles. The summed E-state index contributed by atoms with van der Waals surface area (Å²) in [5.74, 6) is 0.970. The van der Waals surface area contributed by atoms with Crippen molar-refractivity contribution in [3.63, 3.8) is 0 Å². The van der Waals surface area contributed by atoms with E-state index in [0.29, 0.717) is 43.7 Å². The summed E-state index contributed by atoms with van der Waals surface area (Å²) in [5.41, 5.74) is 1.36. The number of aromatic hydroxyl groups is 1. The average Bonchev–Trinajstić information content (AvgIpc) is 3.64. The van der Waals surface area contributed by atoms with Gasteiger partial charge >= 0.3 is 6.01 Å². The van der Waals surface area contributed by atoms with E-state index >= 15 is 0 Å². The number of carbonyl (C=O) groups is 1. The van der Waals surface area contributed by atoms with E-state index in [0.717, 1.165) is 96.1 Å². The molecule has 3 aromatic rings. The minimum absolute atomic E-state index is 0.0571. The Balaban J connectivity index is 1.15. The maximum Gasteiger partial charge on any atom is 0.318 e. The Hall–Kier alpha value is -2.74. The first-order valence-corrected chi connectivity index (χ1v) is 17.2. The van der Waals surface area contributed by atoms with Crippen LogP contribution < -0.4 is 9.64 Å².